The van der Waals surface area contributed by atoms with Gasteiger partial charge in [0, 0.05) is 12.6 Å². The van der Waals surface area contributed by atoms with Gasteiger partial charge in [0.25, 0.3) is 5.91 Å². The van der Waals surface area contributed by atoms with Crippen molar-refractivity contribution in [3.63, 3.8) is 0 Å². The molecule has 1 heterocycles. The molecule has 70 valence electrons. The summed E-state index contributed by atoms with van der Waals surface area (Å²) in [5.41, 5.74) is 0. The van der Waals surface area contributed by atoms with E-state index in [4.69, 9.17) is 0 Å². The Hall–Kier alpha value is 0.160. The van der Waals surface area contributed by atoms with Crippen LogP contribution in [0.1, 0.15) is 21.2 Å². The van der Waals surface area contributed by atoms with Crippen molar-refractivity contribution in [2.45, 2.75) is 25.8 Å². The average molecular weight is 213 g/mol. The first-order valence-corrected chi connectivity index (χ1v) is 4.98. The van der Waals surface area contributed by atoms with Crippen LogP contribution >= 0.6 is 0 Å². The number of likely N-dealkylation sites (tertiary alicyclic amines) is 1. The molecule has 1 unspecified atom stereocenters. The number of hydrogen-bond acceptors (Lipinski definition) is 3. The quantitative estimate of drug-likeness (QED) is 0.340. The zero-order valence-corrected chi connectivity index (χ0v) is 10.7. The van der Waals surface area contributed by atoms with Gasteiger partial charge in [-0.2, -0.15) is 8.42 Å². The van der Waals surface area contributed by atoms with E-state index in [1.165, 1.54) is 0 Å². The summed E-state index contributed by atoms with van der Waals surface area (Å²) in [6.45, 7) is 2.60. The van der Waals surface area contributed by atoms with Gasteiger partial charge in [0.2, 0.25) is 10.3 Å². The number of rotatable bonds is 1. The Bertz CT molecular complexity index is 309. The summed E-state index contributed by atoms with van der Waals surface area (Å²) in [4.78, 5) is 12.7. The van der Waals surface area contributed by atoms with Crippen LogP contribution in [0.4, 0.5) is 0 Å². The minimum absolute atomic E-state index is 0. The van der Waals surface area contributed by atoms with Gasteiger partial charge in [-0.05, 0) is 19.8 Å². The van der Waals surface area contributed by atoms with E-state index in [2.05, 4.69) is 0 Å². The standard InChI is InChI=1S/C7H11NO3S.Na.H/c1-6-3-2-4-8(6)7(9)5-12(10)11;;/h5-6H,2-4H2,1H3;;/q;+1;-1. The van der Waals surface area contributed by atoms with Crippen molar-refractivity contribution in [3.8, 4) is 0 Å². The predicted octanol–water partition coefficient (Wildman–Crippen LogP) is -3.20. The van der Waals surface area contributed by atoms with E-state index in [0.717, 1.165) is 18.2 Å². The van der Waals surface area contributed by atoms with Crippen molar-refractivity contribution in [3.05, 3.63) is 0 Å². The van der Waals surface area contributed by atoms with Gasteiger partial charge in [0.05, 0.1) is 0 Å². The van der Waals surface area contributed by atoms with E-state index in [-0.39, 0.29) is 37.0 Å². The number of amides is 1. The van der Waals surface area contributed by atoms with Gasteiger partial charge in [-0.25, -0.2) is 0 Å². The summed E-state index contributed by atoms with van der Waals surface area (Å²) in [5.74, 6) is -0.395. The molecule has 0 aromatic heterocycles. The molecule has 0 saturated carbocycles. The molecule has 1 amide bonds. The fraction of sp³-hybridized carbons (Fsp3) is 0.714. The predicted molar refractivity (Wildman–Crippen MR) is 46.5 cm³/mol. The number of carbonyl (C=O) groups is 1. The molecule has 0 bridgehead atoms. The van der Waals surface area contributed by atoms with Crippen LogP contribution in [-0.4, -0.2) is 37.2 Å². The third kappa shape index (κ3) is 3.81. The van der Waals surface area contributed by atoms with E-state index >= 15 is 0 Å². The first kappa shape index (κ1) is 13.2. The Labute approximate surface area is 103 Å². The van der Waals surface area contributed by atoms with E-state index in [9.17, 15) is 13.2 Å². The molecule has 4 nitrogen and oxygen atoms in total. The molecule has 6 heteroatoms. The minimum Gasteiger partial charge on any atom is -1.00 e. The Kier molecular flexibility index (Phi) is 5.87. The molecular formula is C7H12NNaO3S. The Balaban J connectivity index is 0. The second kappa shape index (κ2) is 5.80. The summed E-state index contributed by atoms with van der Waals surface area (Å²) in [7, 11) is -2.37. The topological polar surface area (TPSA) is 54.5 Å². The minimum atomic E-state index is -2.37. The molecule has 1 aliphatic rings. The summed E-state index contributed by atoms with van der Waals surface area (Å²) in [6, 6.07) is 0.178. The fourth-order valence-electron chi connectivity index (χ4n) is 1.41. The number of carbonyl (C=O) groups excluding carboxylic acids is 1. The van der Waals surface area contributed by atoms with Crippen LogP contribution in [0.25, 0.3) is 0 Å². The van der Waals surface area contributed by atoms with Gasteiger partial charge in [0.1, 0.15) is 5.37 Å². The molecule has 0 aromatic rings. The zero-order chi connectivity index (χ0) is 9.14. The van der Waals surface area contributed by atoms with Gasteiger partial charge in [-0.15, -0.1) is 0 Å². The second-order valence-electron chi connectivity index (χ2n) is 2.90. The average Bonchev–Trinajstić information content (AvgIpc) is 2.33. The molecule has 1 saturated heterocycles. The van der Waals surface area contributed by atoms with Gasteiger partial charge in [-0.1, -0.05) is 0 Å². The van der Waals surface area contributed by atoms with Crippen molar-refractivity contribution in [1.82, 2.24) is 4.90 Å². The number of nitrogens with zero attached hydrogens (tertiary/aromatic N) is 1. The molecule has 1 rings (SSSR count). The maximum absolute atomic E-state index is 11.1. The summed E-state index contributed by atoms with van der Waals surface area (Å²) < 4.78 is 20.3. The third-order valence-corrected chi connectivity index (χ3v) is 2.43. The van der Waals surface area contributed by atoms with Crippen LogP contribution in [0.2, 0.25) is 0 Å². The zero-order valence-electron chi connectivity index (χ0n) is 8.86. The first-order valence-electron chi connectivity index (χ1n) is 3.85. The second-order valence-corrected chi connectivity index (χ2v) is 3.66. The third-order valence-electron chi connectivity index (χ3n) is 2.03. The molecule has 1 atom stereocenters. The molecule has 0 N–H and O–H groups in total. The van der Waals surface area contributed by atoms with Crippen LogP contribution in [0.3, 0.4) is 0 Å². The maximum Gasteiger partial charge on any atom is 1.00 e. The van der Waals surface area contributed by atoms with Crippen LogP contribution in [0.5, 0.6) is 0 Å². The molecular weight excluding hydrogens is 201 g/mol. The normalized spacial score (nSPS) is 20.7. The van der Waals surface area contributed by atoms with E-state index in [1.54, 1.807) is 4.90 Å². The SMILES string of the molecule is CC1CCCN1C(=O)C=S(=O)=O.[H-].[Na+]. The molecule has 0 spiro atoms. The van der Waals surface area contributed by atoms with Crippen LogP contribution in [0.15, 0.2) is 0 Å². The molecule has 0 aromatic carbocycles. The molecule has 0 aliphatic carbocycles. The van der Waals surface area contributed by atoms with Crippen LogP contribution < -0.4 is 29.6 Å². The molecule has 1 aliphatic heterocycles. The molecule has 13 heavy (non-hydrogen) atoms. The molecule has 0 radical (unpaired) electrons. The van der Waals surface area contributed by atoms with E-state index in [0.29, 0.717) is 6.54 Å². The Morgan fingerprint density at radius 1 is 1.62 bits per heavy atom. The fourth-order valence-corrected chi connectivity index (χ4v) is 1.71. The summed E-state index contributed by atoms with van der Waals surface area (Å²) in [5, 5.41) is 0.724. The van der Waals surface area contributed by atoms with Crippen molar-refractivity contribution in [1.29, 1.82) is 0 Å². The first-order chi connectivity index (χ1) is 5.61. The van der Waals surface area contributed by atoms with Crippen LogP contribution in [0, 0.1) is 0 Å². The van der Waals surface area contributed by atoms with Gasteiger partial charge >= 0.3 is 29.6 Å². The van der Waals surface area contributed by atoms with Gasteiger partial charge < -0.3 is 6.33 Å². The van der Waals surface area contributed by atoms with Crippen molar-refractivity contribution < 1.29 is 44.2 Å². The summed E-state index contributed by atoms with van der Waals surface area (Å²) >= 11 is 0. The molecule has 1 fully saturated rings. The Morgan fingerprint density at radius 3 is 2.62 bits per heavy atom. The van der Waals surface area contributed by atoms with Crippen molar-refractivity contribution in [2.24, 2.45) is 0 Å². The van der Waals surface area contributed by atoms with Gasteiger partial charge in [0.15, 0.2) is 0 Å². The van der Waals surface area contributed by atoms with Crippen LogP contribution in [-0.2, 0) is 15.1 Å². The van der Waals surface area contributed by atoms with E-state index in [1.807, 2.05) is 6.92 Å². The van der Waals surface area contributed by atoms with Gasteiger partial charge in [-0.3, -0.25) is 4.79 Å². The van der Waals surface area contributed by atoms with Crippen molar-refractivity contribution >= 4 is 21.6 Å². The van der Waals surface area contributed by atoms with E-state index < -0.39 is 16.2 Å². The maximum atomic E-state index is 11.1. The van der Waals surface area contributed by atoms with Crippen molar-refractivity contribution in [2.75, 3.05) is 6.54 Å². The smallest absolute Gasteiger partial charge is 1.00 e. The monoisotopic (exact) mass is 213 g/mol. The summed E-state index contributed by atoms with van der Waals surface area (Å²) in [6.07, 6.45) is 1.93. The number of hydrogen-bond donors (Lipinski definition) is 0. The largest absolute Gasteiger partial charge is 1.00 e. The Morgan fingerprint density at radius 2 is 2.23 bits per heavy atom.